The number of rotatable bonds is 5. The van der Waals surface area contributed by atoms with Crippen molar-refractivity contribution < 1.29 is 14.7 Å². The van der Waals surface area contributed by atoms with Gasteiger partial charge in [0.15, 0.2) is 0 Å². The molecule has 4 nitrogen and oxygen atoms in total. The summed E-state index contributed by atoms with van der Waals surface area (Å²) in [7, 11) is 0. The Bertz CT molecular complexity index is 575. The van der Waals surface area contributed by atoms with E-state index in [1.54, 1.807) is 0 Å². The maximum absolute atomic E-state index is 12.0. The normalized spacial score (nSPS) is 18.7. The number of carbonyl (C=O) groups excluding carboxylic acids is 1. The van der Waals surface area contributed by atoms with Gasteiger partial charge in [0.25, 0.3) is 0 Å². The van der Waals surface area contributed by atoms with Gasteiger partial charge >= 0.3 is 5.97 Å². The van der Waals surface area contributed by atoms with Crippen molar-refractivity contribution in [2.24, 2.45) is 5.41 Å². The van der Waals surface area contributed by atoms with Crippen LogP contribution in [0.4, 0.5) is 0 Å². The molecule has 1 fully saturated rings. The Hall–Kier alpha value is -1.84. The van der Waals surface area contributed by atoms with E-state index in [2.05, 4.69) is 17.4 Å². The van der Waals surface area contributed by atoms with Crippen molar-refractivity contribution in [3.63, 3.8) is 0 Å². The molecule has 0 spiro atoms. The molecule has 1 saturated carbocycles. The molecule has 4 heteroatoms. The molecule has 1 aromatic carbocycles. The molecule has 0 heterocycles. The van der Waals surface area contributed by atoms with Crippen LogP contribution in [0, 0.1) is 5.41 Å². The Labute approximate surface area is 124 Å². The third-order valence-electron chi connectivity index (χ3n) is 4.92. The van der Waals surface area contributed by atoms with Gasteiger partial charge in [0.1, 0.15) is 0 Å². The molecule has 2 aliphatic rings. The van der Waals surface area contributed by atoms with E-state index in [0.29, 0.717) is 19.3 Å². The van der Waals surface area contributed by atoms with Crippen LogP contribution >= 0.6 is 0 Å². The second kappa shape index (κ2) is 5.51. The summed E-state index contributed by atoms with van der Waals surface area (Å²) in [5.74, 6) is -0.868. The average Bonchev–Trinajstić information content (AvgIpc) is 2.84. The smallest absolute Gasteiger partial charge is 0.311 e. The van der Waals surface area contributed by atoms with Crippen molar-refractivity contribution in [1.29, 1.82) is 0 Å². The molecule has 3 rings (SSSR count). The van der Waals surface area contributed by atoms with Crippen LogP contribution in [0.3, 0.4) is 0 Å². The van der Waals surface area contributed by atoms with E-state index in [1.807, 2.05) is 6.07 Å². The number of carbonyl (C=O) groups is 2. The molecule has 0 unspecified atom stereocenters. The third-order valence-corrected chi connectivity index (χ3v) is 4.92. The Morgan fingerprint density at radius 1 is 1.14 bits per heavy atom. The van der Waals surface area contributed by atoms with Gasteiger partial charge < -0.3 is 10.4 Å². The molecule has 21 heavy (non-hydrogen) atoms. The zero-order valence-electron chi connectivity index (χ0n) is 12.2. The number of benzene rings is 1. The van der Waals surface area contributed by atoms with Gasteiger partial charge in [0.2, 0.25) is 5.91 Å². The molecule has 2 aliphatic carbocycles. The van der Waals surface area contributed by atoms with Crippen LogP contribution in [0.15, 0.2) is 18.2 Å². The van der Waals surface area contributed by atoms with Gasteiger partial charge in [0.05, 0.1) is 11.8 Å². The van der Waals surface area contributed by atoms with Crippen LogP contribution in [-0.2, 0) is 28.9 Å². The summed E-state index contributed by atoms with van der Waals surface area (Å²) < 4.78 is 0. The molecule has 0 aromatic heterocycles. The van der Waals surface area contributed by atoms with Gasteiger partial charge in [-0.1, -0.05) is 24.6 Å². The molecule has 0 aliphatic heterocycles. The summed E-state index contributed by atoms with van der Waals surface area (Å²) in [4.78, 5) is 23.3. The minimum absolute atomic E-state index is 0.0829. The highest BCUT2D eigenvalue weighted by Gasteiger charge is 2.44. The summed E-state index contributed by atoms with van der Waals surface area (Å²) in [5, 5.41) is 12.0. The van der Waals surface area contributed by atoms with Gasteiger partial charge in [-0.25, -0.2) is 0 Å². The fourth-order valence-electron chi connectivity index (χ4n) is 3.32. The summed E-state index contributed by atoms with van der Waals surface area (Å²) in [5.41, 5.74) is 3.07. The molecule has 112 valence electrons. The summed E-state index contributed by atoms with van der Waals surface area (Å²) >= 11 is 0. The predicted molar refractivity (Wildman–Crippen MR) is 79.1 cm³/mol. The highest BCUT2D eigenvalue weighted by Crippen LogP contribution is 2.40. The highest BCUT2D eigenvalue weighted by molar-refractivity contribution is 5.81. The summed E-state index contributed by atoms with van der Waals surface area (Å²) in [6.45, 7) is 0.256. The topological polar surface area (TPSA) is 66.4 Å². The van der Waals surface area contributed by atoms with Gasteiger partial charge in [-0.2, -0.15) is 0 Å². The van der Waals surface area contributed by atoms with Crippen molar-refractivity contribution in [1.82, 2.24) is 5.32 Å². The van der Waals surface area contributed by atoms with E-state index in [4.69, 9.17) is 0 Å². The Morgan fingerprint density at radius 2 is 1.90 bits per heavy atom. The Kier molecular flexibility index (Phi) is 3.70. The van der Waals surface area contributed by atoms with Crippen LogP contribution in [-0.4, -0.2) is 23.5 Å². The number of aryl methyl sites for hydroxylation is 2. The Balaban J connectivity index is 1.56. The number of carboxylic acids is 1. The van der Waals surface area contributed by atoms with Crippen molar-refractivity contribution in [3.05, 3.63) is 34.9 Å². The molecule has 1 aromatic rings. The lowest BCUT2D eigenvalue weighted by molar-refractivity contribution is -0.154. The Morgan fingerprint density at radius 3 is 2.57 bits per heavy atom. The summed E-state index contributed by atoms with van der Waals surface area (Å²) in [6, 6.07) is 6.26. The molecule has 2 N–H and O–H groups in total. The van der Waals surface area contributed by atoms with E-state index in [0.717, 1.165) is 24.8 Å². The number of amides is 1. The van der Waals surface area contributed by atoms with Gasteiger partial charge in [-0.05, 0) is 48.8 Å². The standard InChI is InChI=1S/C17H21NO3/c19-15(18-11-17(16(20)21)7-2-8-17)10-12-5-6-13-3-1-4-14(13)9-12/h5-6,9H,1-4,7-8,10-11H2,(H,18,19)(H,20,21). The first-order valence-electron chi connectivity index (χ1n) is 7.70. The number of hydrogen-bond donors (Lipinski definition) is 2. The first-order chi connectivity index (χ1) is 10.1. The van der Waals surface area contributed by atoms with E-state index in [9.17, 15) is 14.7 Å². The minimum Gasteiger partial charge on any atom is -0.481 e. The fourth-order valence-corrected chi connectivity index (χ4v) is 3.32. The van der Waals surface area contributed by atoms with Crippen LogP contribution in [0.1, 0.15) is 42.4 Å². The van der Waals surface area contributed by atoms with Gasteiger partial charge in [-0.15, -0.1) is 0 Å². The number of nitrogens with one attached hydrogen (secondary N) is 1. The van der Waals surface area contributed by atoms with Crippen LogP contribution in [0.25, 0.3) is 0 Å². The van der Waals surface area contributed by atoms with Crippen molar-refractivity contribution in [2.75, 3.05) is 6.54 Å². The van der Waals surface area contributed by atoms with E-state index < -0.39 is 11.4 Å². The monoisotopic (exact) mass is 287 g/mol. The molecule has 1 amide bonds. The maximum atomic E-state index is 12.0. The second-order valence-electron chi connectivity index (χ2n) is 6.35. The molecule has 0 bridgehead atoms. The van der Waals surface area contributed by atoms with Crippen molar-refractivity contribution >= 4 is 11.9 Å². The number of aliphatic carboxylic acids is 1. The highest BCUT2D eigenvalue weighted by atomic mass is 16.4. The maximum Gasteiger partial charge on any atom is 0.311 e. The van der Waals surface area contributed by atoms with E-state index in [-0.39, 0.29) is 12.5 Å². The fraction of sp³-hybridized carbons (Fsp3) is 0.529. The first-order valence-corrected chi connectivity index (χ1v) is 7.70. The minimum atomic E-state index is -0.786. The zero-order chi connectivity index (χ0) is 14.9. The van der Waals surface area contributed by atoms with Crippen molar-refractivity contribution in [3.8, 4) is 0 Å². The lowest BCUT2D eigenvalue weighted by Crippen LogP contribution is -2.47. The number of carboxylic acid groups (broad SMARTS) is 1. The molecular formula is C17H21NO3. The van der Waals surface area contributed by atoms with Gasteiger partial charge in [-0.3, -0.25) is 9.59 Å². The van der Waals surface area contributed by atoms with Crippen molar-refractivity contribution in [2.45, 2.75) is 44.9 Å². The van der Waals surface area contributed by atoms with Gasteiger partial charge in [0, 0.05) is 6.54 Å². The quantitative estimate of drug-likeness (QED) is 0.871. The van der Waals surface area contributed by atoms with Crippen LogP contribution in [0.2, 0.25) is 0 Å². The predicted octanol–water partition coefficient (Wildman–Crippen LogP) is 2.09. The molecule has 0 atom stereocenters. The average molecular weight is 287 g/mol. The van der Waals surface area contributed by atoms with Crippen LogP contribution < -0.4 is 5.32 Å². The zero-order valence-corrected chi connectivity index (χ0v) is 12.2. The molecule has 0 radical (unpaired) electrons. The lowest BCUT2D eigenvalue weighted by atomic mass is 9.69. The second-order valence-corrected chi connectivity index (χ2v) is 6.35. The third kappa shape index (κ3) is 2.80. The largest absolute Gasteiger partial charge is 0.481 e. The number of hydrogen-bond acceptors (Lipinski definition) is 2. The SMILES string of the molecule is O=C(Cc1ccc2c(c1)CCC2)NCC1(C(=O)O)CCC1. The lowest BCUT2D eigenvalue weighted by Gasteiger charge is -2.37. The van der Waals surface area contributed by atoms with E-state index >= 15 is 0 Å². The number of fused-ring (bicyclic) bond motifs is 1. The molecular weight excluding hydrogens is 266 g/mol. The molecule has 0 saturated heterocycles. The van der Waals surface area contributed by atoms with E-state index in [1.165, 1.54) is 17.5 Å². The van der Waals surface area contributed by atoms with Crippen LogP contribution in [0.5, 0.6) is 0 Å². The first kappa shape index (κ1) is 14.1. The summed E-state index contributed by atoms with van der Waals surface area (Å²) in [6.07, 6.45) is 6.06.